The Labute approximate surface area is 71.3 Å². The first-order valence-electron chi connectivity index (χ1n) is 3.93. The molecular formula is C8H13N3O. The van der Waals surface area contributed by atoms with E-state index in [1.54, 1.807) is 17.1 Å². The van der Waals surface area contributed by atoms with Crippen LogP contribution in [0.1, 0.15) is 13.3 Å². The van der Waals surface area contributed by atoms with Crippen molar-refractivity contribution in [2.24, 2.45) is 5.73 Å². The molecule has 0 aromatic carbocycles. The van der Waals surface area contributed by atoms with Gasteiger partial charge in [0, 0.05) is 12.4 Å². The highest BCUT2D eigenvalue weighted by Gasteiger charge is 2.09. The van der Waals surface area contributed by atoms with Gasteiger partial charge in [-0.15, -0.1) is 0 Å². The summed E-state index contributed by atoms with van der Waals surface area (Å²) >= 11 is 0. The quantitative estimate of drug-likeness (QED) is 0.680. The van der Waals surface area contributed by atoms with Gasteiger partial charge in [0.05, 0.1) is 6.04 Å². The van der Waals surface area contributed by atoms with Crippen LogP contribution in [0.25, 0.3) is 0 Å². The van der Waals surface area contributed by atoms with Crippen LogP contribution in [0.5, 0.6) is 0 Å². The maximum atomic E-state index is 11.2. The summed E-state index contributed by atoms with van der Waals surface area (Å²) < 4.78 is 1.58. The number of nitrogens with two attached hydrogens (primary N) is 1. The van der Waals surface area contributed by atoms with Crippen molar-refractivity contribution in [3.8, 4) is 0 Å². The van der Waals surface area contributed by atoms with E-state index in [-0.39, 0.29) is 5.91 Å². The van der Waals surface area contributed by atoms with Gasteiger partial charge in [-0.2, -0.15) is 0 Å². The lowest BCUT2D eigenvalue weighted by Crippen LogP contribution is -2.38. The molecule has 0 aliphatic rings. The summed E-state index contributed by atoms with van der Waals surface area (Å²) in [6, 6.07) is 3.24. The number of rotatable bonds is 3. The van der Waals surface area contributed by atoms with E-state index < -0.39 is 6.04 Å². The fraction of sp³-hybridized carbons (Fsp3) is 0.375. The van der Waals surface area contributed by atoms with Crippen molar-refractivity contribution in [2.75, 3.05) is 5.43 Å². The van der Waals surface area contributed by atoms with E-state index in [0.717, 1.165) is 0 Å². The van der Waals surface area contributed by atoms with Crippen LogP contribution in [0.15, 0.2) is 24.5 Å². The summed E-state index contributed by atoms with van der Waals surface area (Å²) in [6.07, 6.45) is 4.15. The van der Waals surface area contributed by atoms with Crippen LogP contribution < -0.4 is 11.2 Å². The zero-order valence-corrected chi connectivity index (χ0v) is 7.03. The van der Waals surface area contributed by atoms with Crippen molar-refractivity contribution in [1.82, 2.24) is 4.68 Å². The Kier molecular flexibility index (Phi) is 2.88. The Morgan fingerprint density at radius 1 is 1.58 bits per heavy atom. The minimum atomic E-state index is -0.424. The Morgan fingerprint density at radius 2 is 2.17 bits per heavy atom. The predicted molar refractivity (Wildman–Crippen MR) is 47.1 cm³/mol. The van der Waals surface area contributed by atoms with Crippen LogP contribution in [0.3, 0.4) is 0 Å². The number of carbonyl (C=O) groups is 1. The summed E-state index contributed by atoms with van der Waals surface area (Å²) in [5.41, 5.74) is 8.13. The second-order valence-corrected chi connectivity index (χ2v) is 2.58. The van der Waals surface area contributed by atoms with Gasteiger partial charge in [-0.05, 0) is 18.6 Å². The molecule has 0 spiro atoms. The molecule has 3 N–H and O–H groups in total. The molecule has 1 heterocycles. The van der Waals surface area contributed by atoms with E-state index in [0.29, 0.717) is 6.42 Å². The van der Waals surface area contributed by atoms with Gasteiger partial charge in [-0.3, -0.25) is 14.9 Å². The average molecular weight is 167 g/mol. The minimum absolute atomic E-state index is 0.159. The van der Waals surface area contributed by atoms with Crippen molar-refractivity contribution < 1.29 is 4.79 Å². The van der Waals surface area contributed by atoms with E-state index in [1.165, 1.54) is 0 Å². The third kappa shape index (κ3) is 2.10. The highest BCUT2D eigenvalue weighted by molar-refractivity contribution is 5.88. The van der Waals surface area contributed by atoms with Gasteiger partial charge in [0.1, 0.15) is 0 Å². The first-order chi connectivity index (χ1) is 5.74. The normalized spacial score (nSPS) is 12.5. The van der Waals surface area contributed by atoms with E-state index in [1.807, 2.05) is 19.1 Å². The third-order valence-corrected chi connectivity index (χ3v) is 1.62. The SMILES string of the molecule is CC[C@H](N)C(=O)Nn1cccc1. The molecular weight excluding hydrogens is 154 g/mol. The first-order valence-corrected chi connectivity index (χ1v) is 3.93. The van der Waals surface area contributed by atoms with Crippen molar-refractivity contribution in [2.45, 2.75) is 19.4 Å². The largest absolute Gasteiger partial charge is 0.320 e. The zero-order valence-electron chi connectivity index (χ0n) is 7.03. The van der Waals surface area contributed by atoms with Crippen LogP contribution in [0.4, 0.5) is 0 Å². The molecule has 0 radical (unpaired) electrons. The maximum Gasteiger partial charge on any atom is 0.255 e. The molecule has 66 valence electrons. The Bertz CT molecular complexity index is 243. The lowest BCUT2D eigenvalue weighted by Gasteiger charge is -2.10. The van der Waals surface area contributed by atoms with Gasteiger partial charge >= 0.3 is 0 Å². The van der Waals surface area contributed by atoms with Gasteiger partial charge < -0.3 is 5.73 Å². The standard InChI is InChI=1S/C8H13N3O/c1-2-7(9)8(12)10-11-5-3-4-6-11/h3-7H,2,9H2,1H3,(H,10,12)/t7-/m0/s1. The second-order valence-electron chi connectivity index (χ2n) is 2.58. The maximum absolute atomic E-state index is 11.2. The fourth-order valence-electron chi connectivity index (χ4n) is 0.805. The molecule has 1 atom stereocenters. The molecule has 12 heavy (non-hydrogen) atoms. The smallest absolute Gasteiger partial charge is 0.255 e. The van der Waals surface area contributed by atoms with Crippen LogP contribution in [0.2, 0.25) is 0 Å². The molecule has 1 aromatic heterocycles. The van der Waals surface area contributed by atoms with E-state index in [4.69, 9.17) is 5.73 Å². The van der Waals surface area contributed by atoms with Crippen molar-refractivity contribution in [3.63, 3.8) is 0 Å². The number of nitrogens with one attached hydrogen (secondary N) is 1. The highest BCUT2D eigenvalue weighted by Crippen LogP contribution is 1.89. The molecule has 0 unspecified atom stereocenters. The number of hydrogen-bond donors (Lipinski definition) is 2. The third-order valence-electron chi connectivity index (χ3n) is 1.62. The van der Waals surface area contributed by atoms with Gasteiger partial charge in [-0.1, -0.05) is 6.92 Å². The molecule has 0 bridgehead atoms. The van der Waals surface area contributed by atoms with Crippen LogP contribution in [-0.2, 0) is 4.79 Å². The van der Waals surface area contributed by atoms with Gasteiger partial charge in [-0.25, -0.2) is 0 Å². The Morgan fingerprint density at radius 3 is 2.67 bits per heavy atom. The highest BCUT2D eigenvalue weighted by atomic mass is 16.2. The van der Waals surface area contributed by atoms with Gasteiger partial charge in [0.15, 0.2) is 0 Å². The van der Waals surface area contributed by atoms with E-state index in [2.05, 4.69) is 5.43 Å². The van der Waals surface area contributed by atoms with Crippen molar-refractivity contribution in [3.05, 3.63) is 24.5 Å². The number of carbonyl (C=O) groups excluding carboxylic acids is 1. The number of aromatic nitrogens is 1. The molecule has 1 aromatic rings. The molecule has 4 heteroatoms. The number of amides is 1. The molecule has 0 aliphatic carbocycles. The summed E-state index contributed by atoms with van der Waals surface area (Å²) in [7, 11) is 0. The van der Waals surface area contributed by atoms with Crippen LogP contribution in [-0.4, -0.2) is 16.6 Å². The zero-order chi connectivity index (χ0) is 8.97. The predicted octanol–water partition coefficient (Wildman–Crippen LogP) is 0.295. The first kappa shape index (κ1) is 8.80. The number of hydrogen-bond acceptors (Lipinski definition) is 2. The number of nitrogens with zero attached hydrogens (tertiary/aromatic N) is 1. The fourth-order valence-corrected chi connectivity index (χ4v) is 0.805. The minimum Gasteiger partial charge on any atom is -0.320 e. The van der Waals surface area contributed by atoms with Gasteiger partial charge in [0.2, 0.25) is 0 Å². The average Bonchev–Trinajstić information content (AvgIpc) is 2.55. The Balaban J connectivity index is 2.47. The lowest BCUT2D eigenvalue weighted by atomic mass is 10.2. The summed E-state index contributed by atoms with van der Waals surface area (Å²) in [4.78, 5) is 11.2. The van der Waals surface area contributed by atoms with E-state index >= 15 is 0 Å². The Hall–Kier alpha value is -1.29. The summed E-state index contributed by atoms with van der Waals surface area (Å²) in [6.45, 7) is 1.87. The molecule has 1 rings (SSSR count). The topological polar surface area (TPSA) is 60.1 Å². The molecule has 0 aliphatic heterocycles. The summed E-state index contributed by atoms with van der Waals surface area (Å²) in [5.74, 6) is -0.159. The molecule has 4 nitrogen and oxygen atoms in total. The molecule has 0 saturated carbocycles. The second kappa shape index (κ2) is 3.92. The van der Waals surface area contributed by atoms with Crippen LogP contribution in [0, 0.1) is 0 Å². The van der Waals surface area contributed by atoms with Crippen molar-refractivity contribution >= 4 is 5.91 Å². The summed E-state index contributed by atoms with van der Waals surface area (Å²) in [5, 5.41) is 0. The van der Waals surface area contributed by atoms with Crippen LogP contribution >= 0.6 is 0 Å². The van der Waals surface area contributed by atoms with Crippen molar-refractivity contribution in [1.29, 1.82) is 0 Å². The monoisotopic (exact) mass is 167 g/mol. The van der Waals surface area contributed by atoms with E-state index in [9.17, 15) is 4.79 Å². The molecule has 0 saturated heterocycles. The molecule has 1 amide bonds. The molecule has 0 fully saturated rings. The lowest BCUT2D eigenvalue weighted by molar-refractivity contribution is -0.118. The van der Waals surface area contributed by atoms with Gasteiger partial charge in [0.25, 0.3) is 5.91 Å².